The molecule has 100 valence electrons. The minimum absolute atomic E-state index is 0.243. The summed E-state index contributed by atoms with van der Waals surface area (Å²) >= 11 is 0. The topological polar surface area (TPSA) is 83.2 Å². The fourth-order valence-electron chi connectivity index (χ4n) is 1.72. The number of carbonyl (C=O) groups is 2. The molecule has 0 unspecified atom stereocenters. The van der Waals surface area contributed by atoms with Gasteiger partial charge in [0.05, 0.1) is 6.61 Å². The van der Waals surface area contributed by atoms with E-state index in [0.29, 0.717) is 5.69 Å². The summed E-state index contributed by atoms with van der Waals surface area (Å²) in [6.07, 6.45) is -0.692. The maximum absolute atomic E-state index is 11.8. The lowest BCUT2D eigenvalue weighted by atomic mass is 10.2. The van der Waals surface area contributed by atoms with Crippen LogP contribution in [0.5, 0.6) is 0 Å². The van der Waals surface area contributed by atoms with E-state index in [1.54, 1.807) is 13.0 Å². The van der Waals surface area contributed by atoms with Gasteiger partial charge >= 0.3 is 6.09 Å². The van der Waals surface area contributed by atoms with Crippen molar-refractivity contribution in [2.24, 2.45) is 0 Å². The van der Waals surface area contributed by atoms with Gasteiger partial charge in [0.25, 0.3) is 5.91 Å². The summed E-state index contributed by atoms with van der Waals surface area (Å²) in [5.74, 6) is -0.429. The molecule has 2 amide bonds. The van der Waals surface area contributed by atoms with Crippen LogP contribution >= 0.6 is 0 Å². The molecule has 1 aromatic heterocycles. The number of H-pyrrole nitrogens is 1. The molecule has 0 radical (unpaired) electrons. The number of aryl methyl sites for hydroxylation is 1. The number of ether oxygens (including phenoxy) is 1. The molecule has 0 bridgehead atoms. The van der Waals surface area contributed by atoms with Crippen molar-refractivity contribution in [2.45, 2.75) is 13.8 Å². The van der Waals surface area contributed by atoms with Crippen molar-refractivity contribution in [3.05, 3.63) is 35.5 Å². The first kappa shape index (κ1) is 12.9. The van der Waals surface area contributed by atoms with E-state index in [9.17, 15) is 9.59 Å². The Balaban J connectivity index is 2.07. The van der Waals surface area contributed by atoms with Crippen molar-refractivity contribution in [1.29, 1.82) is 0 Å². The lowest BCUT2D eigenvalue weighted by molar-refractivity contribution is 0.0908. The van der Waals surface area contributed by atoms with Gasteiger partial charge in [0.15, 0.2) is 0 Å². The van der Waals surface area contributed by atoms with Crippen LogP contribution < -0.4 is 10.9 Å². The average molecular weight is 261 g/mol. The van der Waals surface area contributed by atoms with Gasteiger partial charge < -0.3 is 9.72 Å². The van der Waals surface area contributed by atoms with Crippen LogP contribution in [0, 0.1) is 6.92 Å². The molecule has 0 aliphatic rings. The molecule has 0 saturated heterocycles. The molecule has 0 saturated carbocycles. The number of fused-ring (bicyclic) bond motifs is 1. The molecule has 6 heteroatoms. The second-order valence-electron chi connectivity index (χ2n) is 4.07. The molecule has 0 aliphatic heterocycles. The van der Waals surface area contributed by atoms with E-state index in [0.717, 1.165) is 16.5 Å². The monoisotopic (exact) mass is 261 g/mol. The number of benzene rings is 1. The number of amides is 2. The number of hydrogen-bond donors (Lipinski definition) is 3. The molecule has 1 aromatic carbocycles. The van der Waals surface area contributed by atoms with Gasteiger partial charge in [-0.1, -0.05) is 11.6 Å². The molecule has 2 aromatic rings. The Morgan fingerprint density at radius 1 is 1.26 bits per heavy atom. The molecule has 0 atom stereocenters. The molecule has 19 heavy (non-hydrogen) atoms. The molecule has 0 spiro atoms. The highest BCUT2D eigenvalue weighted by Gasteiger charge is 2.10. The van der Waals surface area contributed by atoms with Crippen molar-refractivity contribution >= 4 is 22.9 Å². The van der Waals surface area contributed by atoms with Gasteiger partial charge in [-0.15, -0.1) is 0 Å². The lowest BCUT2D eigenvalue weighted by Crippen LogP contribution is -2.42. The predicted molar refractivity (Wildman–Crippen MR) is 70.7 cm³/mol. The Morgan fingerprint density at radius 3 is 2.79 bits per heavy atom. The van der Waals surface area contributed by atoms with Crippen molar-refractivity contribution in [3.8, 4) is 0 Å². The van der Waals surface area contributed by atoms with Crippen LogP contribution in [0.2, 0.25) is 0 Å². The first-order valence-electron chi connectivity index (χ1n) is 5.92. The highest BCUT2D eigenvalue weighted by Crippen LogP contribution is 2.16. The Bertz CT molecular complexity index is 619. The largest absolute Gasteiger partial charge is 0.449 e. The van der Waals surface area contributed by atoms with Gasteiger partial charge in [-0.05, 0) is 32.0 Å². The van der Waals surface area contributed by atoms with Crippen LogP contribution in [0.15, 0.2) is 24.3 Å². The Kier molecular flexibility index (Phi) is 3.70. The molecule has 2 rings (SSSR count). The smallest absolute Gasteiger partial charge is 0.426 e. The number of carbonyl (C=O) groups excluding carboxylic acids is 2. The minimum Gasteiger partial charge on any atom is -0.449 e. The third-order valence-electron chi connectivity index (χ3n) is 2.57. The van der Waals surface area contributed by atoms with Crippen molar-refractivity contribution in [3.63, 3.8) is 0 Å². The molecule has 3 N–H and O–H groups in total. The fraction of sp³-hybridized carbons (Fsp3) is 0.231. The third-order valence-corrected chi connectivity index (χ3v) is 2.57. The van der Waals surface area contributed by atoms with E-state index in [4.69, 9.17) is 0 Å². The van der Waals surface area contributed by atoms with Crippen LogP contribution in [0.1, 0.15) is 23.0 Å². The summed E-state index contributed by atoms with van der Waals surface area (Å²) < 4.78 is 4.63. The number of aromatic amines is 1. The van der Waals surface area contributed by atoms with Gasteiger partial charge in [-0.2, -0.15) is 0 Å². The van der Waals surface area contributed by atoms with Crippen LogP contribution in [0.4, 0.5) is 4.79 Å². The Morgan fingerprint density at radius 2 is 2.05 bits per heavy atom. The molecular formula is C13H15N3O3. The second-order valence-corrected chi connectivity index (χ2v) is 4.07. The maximum Gasteiger partial charge on any atom is 0.426 e. The van der Waals surface area contributed by atoms with Gasteiger partial charge in [0, 0.05) is 10.9 Å². The number of aromatic nitrogens is 1. The fourth-order valence-corrected chi connectivity index (χ4v) is 1.72. The van der Waals surface area contributed by atoms with Gasteiger partial charge in [0.1, 0.15) is 5.69 Å². The van der Waals surface area contributed by atoms with E-state index in [1.807, 2.05) is 25.1 Å². The maximum atomic E-state index is 11.8. The second kappa shape index (κ2) is 5.43. The van der Waals surface area contributed by atoms with Gasteiger partial charge in [-0.25, -0.2) is 10.2 Å². The minimum atomic E-state index is -0.692. The zero-order valence-corrected chi connectivity index (χ0v) is 10.7. The third kappa shape index (κ3) is 3.04. The first-order valence-corrected chi connectivity index (χ1v) is 5.92. The van der Waals surface area contributed by atoms with Gasteiger partial charge in [0.2, 0.25) is 0 Å². The summed E-state index contributed by atoms with van der Waals surface area (Å²) in [4.78, 5) is 25.8. The lowest BCUT2D eigenvalue weighted by Gasteiger charge is -2.05. The number of rotatable bonds is 2. The summed E-state index contributed by atoms with van der Waals surface area (Å²) in [5.41, 5.74) is 6.78. The zero-order valence-electron chi connectivity index (χ0n) is 10.7. The Labute approximate surface area is 110 Å². The molecule has 6 nitrogen and oxygen atoms in total. The summed E-state index contributed by atoms with van der Waals surface area (Å²) in [6.45, 7) is 3.91. The van der Waals surface area contributed by atoms with Crippen molar-refractivity contribution < 1.29 is 14.3 Å². The van der Waals surface area contributed by atoms with Crippen molar-refractivity contribution in [2.75, 3.05) is 6.61 Å². The molecule has 1 heterocycles. The molecule has 0 aliphatic carbocycles. The van der Waals surface area contributed by atoms with E-state index in [-0.39, 0.29) is 6.61 Å². The predicted octanol–water partition coefficient (Wildman–Crippen LogP) is 1.87. The molecular weight excluding hydrogens is 246 g/mol. The number of nitrogens with one attached hydrogen (secondary N) is 3. The van der Waals surface area contributed by atoms with Crippen LogP contribution in [-0.4, -0.2) is 23.6 Å². The highest BCUT2D eigenvalue weighted by molar-refractivity contribution is 5.98. The average Bonchev–Trinajstić information content (AvgIpc) is 2.79. The standard InChI is InChI=1S/C13H15N3O3/c1-3-19-13(18)16-15-12(17)11-7-9-6-8(2)4-5-10(9)14-11/h4-7,14H,3H2,1-2H3,(H,15,17)(H,16,18). The zero-order chi connectivity index (χ0) is 13.8. The molecule has 0 fully saturated rings. The summed E-state index contributed by atoms with van der Waals surface area (Å²) in [6, 6.07) is 7.56. The first-order chi connectivity index (χ1) is 9.10. The van der Waals surface area contributed by atoms with E-state index in [2.05, 4.69) is 20.6 Å². The quantitative estimate of drug-likeness (QED) is 0.721. The highest BCUT2D eigenvalue weighted by atomic mass is 16.5. The van der Waals surface area contributed by atoms with Crippen LogP contribution in [0.25, 0.3) is 10.9 Å². The normalized spacial score (nSPS) is 10.2. The number of hydrazine groups is 1. The SMILES string of the molecule is CCOC(=O)NNC(=O)c1cc2cc(C)ccc2[nH]1. The van der Waals surface area contributed by atoms with Gasteiger partial charge in [-0.3, -0.25) is 10.2 Å². The van der Waals surface area contributed by atoms with Crippen LogP contribution in [-0.2, 0) is 4.74 Å². The summed E-state index contributed by atoms with van der Waals surface area (Å²) in [5, 5.41) is 0.946. The summed E-state index contributed by atoms with van der Waals surface area (Å²) in [7, 11) is 0. The van der Waals surface area contributed by atoms with Crippen molar-refractivity contribution in [1.82, 2.24) is 15.8 Å². The Hall–Kier alpha value is -2.50. The number of hydrogen-bond acceptors (Lipinski definition) is 3. The van der Waals surface area contributed by atoms with E-state index in [1.165, 1.54) is 0 Å². The van der Waals surface area contributed by atoms with E-state index >= 15 is 0 Å². The van der Waals surface area contributed by atoms with E-state index < -0.39 is 12.0 Å². The van der Waals surface area contributed by atoms with Crippen LogP contribution in [0.3, 0.4) is 0 Å².